The number of amides is 1. The highest BCUT2D eigenvalue weighted by atomic mass is 35.5. The molecule has 1 atom stereocenters. The summed E-state index contributed by atoms with van der Waals surface area (Å²) in [5, 5.41) is 0.673. The number of ether oxygens (including phenoxy) is 1. The standard InChI is InChI=1S/C24H25ClN4O2/c1-28(2)24-26-15-20(16-9-11-18(25)12-10-16)22(27-24)21-8-5-13-29(21)23(30)17-6-4-7-19(14-17)31-3/h4,6-7,9-12,14-15,21H,5,8,13H2,1-3H3/t21-/m1/s1. The van der Waals surface area contributed by atoms with Gasteiger partial charge < -0.3 is 14.5 Å². The molecule has 0 saturated carbocycles. The highest BCUT2D eigenvalue weighted by molar-refractivity contribution is 6.30. The Bertz CT molecular complexity index is 1090. The largest absolute Gasteiger partial charge is 0.497 e. The molecule has 0 radical (unpaired) electrons. The van der Waals surface area contributed by atoms with Gasteiger partial charge in [-0.2, -0.15) is 0 Å². The fourth-order valence-corrected chi connectivity index (χ4v) is 4.05. The van der Waals surface area contributed by atoms with Crippen LogP contribution in [0, 0.1) is 0 Å². The van der Waals surface area contributed by atoms with Gasteiger partial charge in [0.25, 0.3) is 5.91 Å². The Balaban J connectivity index is 1.76. The van der Waals surface area contributed by atoms with Crippen molar-refractivity contribution < 1.29 is 9.53 Å². The lowest BCUT2D eigenvalue weighted by molar-refractivity contribution is 0.0733. The predicted octanol–water partition coefficient (Wildman–Crippen LogP) is 4.85. The van der Waals surface area contributed by atoms with Crippen LogP contribution >= 0.6 is 11.6 Å². The minimum atomic E-state index is -0.133. The number of hydrogen-bond donors (Lipinski definition) is 0. The lowest BCUT2D eigenvalue weighted by Crippen LogP contribution is -2.31. The second-order valence-electron chi connectivity index (χ2n) is 7.76. The van der Waals surface area contributed by atoms with Crippen molar-refractivity contribution >= 4 is 23.5 Å². The number of nitrogens with zero attached hydrogens (tertiary/aromatic N) is 4. The average Bonchev–Trinajstić information content (AvgIpc) is 3.28. The number of carbonyl (C=O) groups excluding carboxylic acids is 1. The first-order valence-electron chi connectivity index (χ1n) is 10.2. The van der Waals surface area contributed by atoms with Gasteiger partial charge in [-0.15, -0.1) is 0 Å². The summed E-state index contributed by atoms with van der Waals surface area (Å²) in [6.45, 7) is 0.683. The van der Waals surface area contributed by atoms with E-state index in [1.54, 1.807) is 13.2 Å². The normalized spacial score (nSPS) is 15.7. The zero-order chi connectivity index (χ0) is 22.0. The molecule has 6 nitrogen and oxygen atoms in total. The Morgan fingerprint density at radius 3 is 2.68 bits per heavy atom. The van der Waals surface area contributed by atoms with Crippen molar-refractivity contribution in [1.29, 1.82) is 0 Å². The molecule has 1 aromatic heterocycles. The van der Waals surface area contributed by atoms with E-state index in [0.29, 0.717) is 28.8 Å². The molecule has 0 aliphatic carbocycles. The van der Waals surface area contributed by atoms with Gasteiger partial charge in [-0.3, -0.25) is 4.79 Å². The number of hydrogen-bond acceptors (Lipinski definition) is 5. The second-order valence-corrected chi connectivity index (χ2v) is 8.20. The van der Waals surface area contributed by atoms with Crippen LogP contribution < -0.4 is 9.64 Å². The number of likely N-dealkylation sites (tertiary alicyclic amines) is 1. The van der Waals surface area contributed by atoms with Crippen molar-refractivity contribution in [3.05, 3.63) is 71.0 Å². The smallest absolute Gasteiger partial charge is 0.254 e. The van der Waals surface area contributed by atoms with E-state index in [0.717, 1.165) is 29.7 Å². The number of benzene rings is 2. The first-order valence-corrected chi connectivity index (χ1v) is 10.6. The molecule has 160 valence electrons. The van der Waals surface area contributed by atoms with Crippen LogP contribution in [0.25, 0.3) is 11.1 Å². The summed E-state index contributed by atoms with van der Waals surface area (Å²) in [6, 6.07) is 14.8. The third kappa shape index (κ3) is 4.35. The van der Waals surface area contributed by atoms with Gasteiger partial charge in [0.15, 0.2) is 0 Å². The van der Waals surface area contributed by atoms with Gasteiger partial charge in [0.2, 0.25) is 5.95 Å². The van der Waals surface area contributed by atoms with E-state index >= 15 is 0 Å². The highest BCUT2D eigenvalue weighted by Gasteiger charge is 2.34. The Kier molecular flexibility index (Phi) is 6.09. The molecule has 0 spiro atoms. The van der Waals surface area contributed by atoms with Crippen molar-refractivity contribution in [2.45, 2.75) is 18.9 Å². The third-order valence-corrected chi connectivity index (χ3v) is 5.76. The van der Waals surface area contributed by atoms with Crippen molar-refractivity contribution in [2.24, 2.45) is 0 Å². The molecular formula is C24H25ClN4O2. The van der Waals surface area contributed by atoms with Crippen molar-refractivity contribution in [1.82, 2.24) is 14.9 Å². The SMILES string of the molecule is COc1cccc(C(=O)N2CCC[C@@H]2c2nc(N(C)C)ncc2-c2ccc(Cl)cc2)c1. The highest BCUT2D eigenvalue weighted by Crippen LogP contribution is 2.38. The van der Waals surface area contributed by atoms with E-state index < -0.39 is 0 Å². The summed E-state index contributed by atoms with van der Waals surface area (Å²) >= 11 is 6.09. The van der Waals surface area contributed by atoms with E-state index in [1.807, 2.05) is 72.6 Å². The first kappa shape index (κ1) is 21.1. The maximum Gasteiger partial charge on any atom is 0.254 e. The zero-order valence-electron chi connectivity index (χ0n) is 17.9. The topological polar surface area (TPSA) is 58.6 Å². The molecule has 1 amide bonds. The average molecular weight is 437 g/mol. The number of anilines is 1. The van der Waals surface area contributed by atoms with Crippen LogP contribution in [0.1, 0.15) is 34.9 Å². The minimum Gasteiger partial charge on any atom is -0.497 e. The molecule has 31 heavy (non-hydrogen) atoms. The van der Waals surface area contributed by atoms with Crippen LogP contribution in [0.4, 0.5) is 5.95 Å². The molecular weight excluding hydrogens is 412 g/mol. The van der Waals surface area contributed by atoms with Gasteiger partial charge in [-0.05, 0) is 48.7 Å². The van der Waals surface area contributed by atoms with Crippen LogP contribution in [0.3, 0.4) is 0 Å². The predicted molar refractivity (Wildman–Crippen MR) is 123 cm³/mol. The summed E-state index contributed by atoms with van der Waals surface area (Å²) in [5.41, 5.74) is 3.36. The van der Waals surface area contributed by atoms with Gasteiger partial charge in [0.05, 0.1) is 18.8 Å². The Morgan fingerprint density at radius 2 is 1.97 bits per heavy atom. The zero-order valence-corrected chi connectivity index (χ0v) is 18.6. The van der Waals surface area contributed by atoms with E-state index in [2.05, 4.69) is 4.98 Å². The summed E-state index contributed by atoms with van der Waals surface area (Å²) in [7, 11) is 5.42. The minimum absolute atomic E-state index is 0.0199. The number of carbonyl (C=O) groups is 1. The van der Waals surface area contributed by atoms with Gasteiger partial charge in [0, 0.05) is 43.0 Å². The molecule has 0 bridgehead atoms. The van der Waals surface area contributed by atoms with Crippen LogP contribution in [-0.2, 0) is 0 Å². The van der Waals surface area contributed by atoms with Gasteiger partial charge in [-0.1, -0.05) is 29.8 Å². The van der Waals surface area contributed by atoms with E-state index in [1.165, 1.54) is 0 Å². The number of aromatic nitrogens is 2. The molecule has 1 saturated heterocycles. The molecule has 0 N–H and O–H groups in total. The second kappa shape index (κ2) is 8.94. The molecule has 2 heterocycles. The summed E-state index contributed by atoms with van der Waals surface area (Å²) in [4.78, 5) is 26.6. The first-order chi connectivity index (χ1) is 15.0. The van der Waals surface area contributed by atoms with E-state index in [4.69, 9.17) is 21.3 Å². The number of methoxy groups -OCH3 is 1. The van der Waals surface area contributed by atoms with Gasteiger partial charge in [0.1, 0.15) is 5.75 Å². The molecule has 4 rings (SSSR count). The molecule has 3 aromatic rings. The van der Waals surface area contributed by atoms with Crippen LogP contribution in [0.2, 0.25) is 5.02 Å². The molecule has 1 aliphatic rings. The molecule has 1 fully saturated rings. The van der Waals surface area contributed by atoms with Crippen LogP contribution in [-0.4, -0.2) is 48.5 Å². The maximum atomic E-state index is 13.4. The fraction of sp³-hybridized carbons (Fsp3) is 0.292. The van der Waals surface area contributed by atoms with Gasteiger partial charge >= 0.3 is 0 Å². The Labute approximate surface area is 187 Å². The van der Waals surface area contributed by atoms with E-state index in [-0.39, 0.29) is 11.9 Å². The quantitative estimate of drug-likeness (QED) is 0.572. The monoisotopic (exact) mass is 436 g/mol. The molecule has 2 aromatic carbocycles. The van der Waals surface area contributed by atoms with Crippen LogP contribution in [0.5, 0.6) is 5.75 Å². The molecule has 7 heteroatoms. The van der Waals surface area contributed by atoms with Crippen molar-refractivity contribution in [3.8, 4) is 16.9 Å². The fourth-order valence-electron chi connectivity index (χ4n) is 3.92. The summed E-state index contributed by atoms with van der Waals surface area (Å²) in [6.07, 6.45) is 3.61. The van der Waals surface area contributed by atoms with Gasteiger partial charge in [-0.25, -0.2) is 9.97 Å². The molecule has 0 unspecified atom stereocenters. The lowest BCUT2D eigenvalue weighted by atomic mass is 9.99. The van der Waals surface area contributed by atoms with Crippen molar-refractivity contribution in [2.75, 3.05) is 32.6 Å². The number of halogens is 1. The van der Waals surface area contributed by atoms with Crippen molar-refractivity contribution in [3.63, 3.8) is 0 Å². The van der Waals surface area contributed by atoms with Crippen LogP contribution in [0.15, 0.2) is 54.7 Å². The summed E-state index contributed by atoms with van der Waals surface area (Å²) in [5.74, 6) is 1.27. The maximum absolute atomic E-state index is 13.4. The van der Waals surface area contributed by atoms with E-state index in [9.17, 15) is 4.79 Å². The third-order valence-electron chi connectivity index (χ3n) is 5.51. The Hall–Kier alpha value is -3.12. The summed E-state index contributed by atoms with van der Waals surface area (Å²) < 4.78 is 5.30. The lowest BCUT2D eigenvalue weighted by Gasteiger charge is -2.27. The Morgan fingerprint density at radius 1 is 1.19 bits per heavy atom. The molecule has 1 aliphatic heterocycles. The number of rotatable bonds is 5.